The number of hydrogen-bond acceptors (Lipinski definition) is 4. The Balaban J connectivity index is 2.28. The average molecular weight is 234 g/mol. The number of nitrogens with zero attached hydrogens (tertiary/aromatic N) is 2. The van der Waals surface area contributed by atoms with E-state index in [0.29, 0.717) is 11.5 Å². The maximum Gasteiger partial charge on any atom is 0.267 e. The number of aromatic nitrogens is 1. The van der Waals surface area contributed by atoms with Gasteiger partial charge in [0.25, 0.3) is 5.91 Å². The maximum atomic E-state index is 11.1. The monoisotopic (exact) mass is 234 g/mol. The van der Waals surface area contributed by atoms with E-state index in [1.54, 1.807) is 12.1 Å². The second-order valence-corrected chi connectivity index (χ2v) is 4.37. The molecule has 0 atom stereocenters. The van der Waals surface area contributed by atoms with Crippen molar-refractivity contribution in [1.29, 1.82) is 0 Å². The summed E-state index contributed by atoms with van der Waals surface area (Å²) >= 11 is 0. The van der Waals surface area contributed by atoms with Crippen molar-refractivity contribution in [3.8, 4) is 0 Å². The average Bonchev–Trinajstić information content (AvgIpc) is 2.58. The molecule has 1 aromatic heterocycles. The number of nitrogens with two attached hydrogens (primary N) is 2. The molecule has 92 valence electrons. The minimum absolute atomic E-state index is 0.276. The van der Waals surface area contributed by atoms with Crippen LogP contribution in [-0.4, -0.2) is 24.0 Å². The van der Waals surface area contributed by atoms with Gasteiger partial charge in [-0.2, -0.15) is 0 Å². The van der Waals surface area contributed by atoms with Gasteiger partial charge in [-0.25, -0.2) is 4.98 Å². The second kappa shape index (κ2) is 5.03. The van der Waals surface area contributed by atoms with Gasteiger partial charge in [0.1, 0.15) is 5.69 Å². The van der Waals surface area contributed by atoms with Crippen LogP contribution >= 0.6 is 0 Å². The zero-order valence-electron chi connectivity index (χ0n) is 9.85. The van der Waals surface area contributed by atoms with Crippen LogP contribution in [0.4, 0.5) is 11.5 Å². The Kier molecular flexibility index (Phi) is 3.46. The highest BCUT2D eigenvalue weighted by Gasteiger charge is 2.15. The lowest BCUT2D eigenvalue weighted by Crippen LogP contribution is -2.27. The van der Waals surface area contributed by atoms with Gasteiger partial charge >= 0.3 is 0 Å². The van der Waals surface area contributed by atoms with Crippen LogP contribution in [0.25, 0.3) is 0 Å². The lowest BCUT2D eigenvalue weighted by molar-refractivity contribution is 0.0995. The largest absolute Gasteiger partial charge is 0.396 e. The maximum absolute atomic E-state index is 11.1. The molecule has 0 aromatic carbocycles. The van der Waals surface area contributed by atoms with Crippen LogP contribution in [-0.2, 0) is 0 Å². The number of hydrogen-bond donors (Lipinski definition) is 2. The molecule has 0 bridgehead atoms. The summed E-state index contributed by atoms with van der Waals surface area (Å²) in [6.45, 7) is 1.89. The molecule has 5 heteroatoms. The molecule has 2 rings (SSSR count). The van der Waals surface area contributed by atoms with Gasteiger partial charge in [-0.3, -0.25) is 4.79 Å². The van der Waals surface area contributed by atoms with E-state index in [9.17, 15) is 4.79 Å². The van der Waals surface area contributed by atoms with Gasteiger partial charge in [0.2, 0.25) is 0 Å². The van der Waals surface area contributed by atoms with E-state index in [1.807, 2.05) is 0 Å². The number of anilines is 2. The third kappa shape index (κ3) is 2.67. The Bertz CT molecular complexity index is 411. The molecule has 0 saturated carbocycles. The van der Waals surface area contributed by atoms with Crippen LogP contribution in [0.1, 0.15) is 36.2 Å². The quantitative estimate of drug-likeness (QED) is 0.803. The van der Waals surface area contributed by atoms with Crippen molar-refractivity contribution in [1.82, 2.24) is 4.98 Å². The molecule has 17 heavy (non-hydrogen) atoms. The first kappa shape index (κ1) is 11.7. The first-order valence-electron chi connectivity index (χ1n) is 6.00. The van der Waals surface area contributed by atoms with Crippen molar-refractivity contribution in [3.05, 3.63) is 17.8 Å². The molecular weight excluding hydrogens is 216 g/mol. The topological polar surface area (TPSA) is 85.2 Å². The number of carbonyl (C=O) groups is 1. The highest BCUT2D eigenvalue weighted by atomic mass is 16.1. The van der Waals surface area contributed by atoms with Crippen LogP contribution in [0.5, 0.6) is 0 Å². The fraction of sp³-hybridized carbons (Fsp3) is 0.500. The molecule has 0 radical (unpaired) electrons. The van der Waals surface area contributed by atoms with Crippen molar-refractivity contribution in [2.24, 2.45) is 5.73 Å². The van der Waals surface area contributed by atoms with Crippen LogP contribution in [0.15, 0.2) is 12.1 Å². The van der Waals surface area contributed by atoms with Crippen LogP contribution < -0.4 is 16.4 Å². The third-order valence-electron chi connectivity index (χ3n) is 3.06. The Morgan fingerprint density at radius 1 is 1.18 bits per heavy atom. The van der Waals surface area contributed by atoms with Gasteiger partial charge in [-0.1, -0.05) is 12.8 Å². The normalized spacial score (nSPS) is 16.6. The first-order chi connectivity index (χ1) is 8.18. The smallest absolute Gasteiger partial charge is 0.267 e. The summed E-state index contributed by atoms with van der Waals surface area (Å²) in [7, 11) is 0. The summed E-state index contributed by atoms with van der Waals surface area (Å²) < 4.78 is 0. The molecule has 1 fully saturated rings. The van der Waals surface area contributed by atoms with E-state index in [-0.39, 0.29) is 5.69 Å². The molecule has 2 heterocycles. The van der Waals surface area contributed by atoms with Crippen molar-refractivity contribution in [2.75, 3.05) is 23.7 Å². The van der Waals surface area contributed by atoms with E-state index in [0.717, 1.165) is 25.9 Å². The summed E-state index contributed by atoms with van der Waals surface area (Å²) in [5.41, 5.74) is 12.0. The zero-order valence-corrected chi connectivity index (χ0v) is 9.85. The SMILES string of the molecule is NC(=O)c1ccc(N)c(N2CCCCCC2)n1. The zero-order chi connectivity index (χ0) is 12.3. The molecular formula is C12H18N4O. The number of carbonyl (C=O) groups excluding carboxylic acids is 1. The molecule has 1 aliphatic rings. The molecule has 1 saturated heterocycles. The fourth-order valence-electron chi connectivity index (χ4n) is 2.13. The van der Waals surface area contributed by atoms with Crippen LogP contribution in [0.3, 0.4) is 0 Å². The number of amides is 1. The Morgan fingerprint density at radius 3 is 2.41 bits per heavy atom. The van der Waals surface area contributed by atoms with Gasteiger partial charge in [-0.05, 0) is 25.0 Å². The van der Waals surface area contributed by atoms with E-state index in [4.69, 9.17) is 11.5 Å². The molecule has 1 amide bonds. The van der Waals surface area contributed by atoms with Crippen molar-refractivity contribution >= 4 is 17.4 Å². The molecule has 1 aromatic rings. The number of pyridine rings is 1. The lowest BCUT2D eigenvalue weighted by atomic mass is 10.2. The predicted octanol–water partition coefficient (Wildman–Crippen LogP) is 1.14. The van der Waals surface area contributed by atoms with E-state index < -0.39 is 5.91 Å². The van der Waals surface area contributed by atoms with Gasteiger partial charge in [0.05, 0.1) is 5.69 Å². The summed E-state index contributed by atoms with van der Waals surface area (Å²) in [5.74, 6) is 0.185. The Morgan fingerprint density at radius 2 is 1.82 bits per heavy atom. The number of primary amides is 1. The van der Waals surface area contributed by atoms with Gasteiger partial charge in [0.15, 0.2) is 5.82 Å². The van der Waals surface area contributed by atoms with Crippen LogP contribution in [0.2, 0.25) is 0 Å². The van der Waals surface area contributed by atoms with E-state index >= 15 is 0 Å². The highest BCUT2D eigenvalue weighted by Crippen LogP contribution is 2.23. The third-order valence-corrected chi connectivity index (χ3v) is 3.06. The van der Waals surface area contributed by atoms with Gasteiger partial charge in [-0.15, -0.1) is 0 Å². The fourth-order valence-corrected chi connectivity index (χ4v) is 2.13. The standard InChI is InChI=1S/C12H18N4O/c13-9-5-6-10(11(14)17)15-12(9)16-7-3-1-2-4-8-16/h5-6H,1-4,7-8,13H2,(H2,14,17). The number of rotatable bonds is 2. The molecule has 0 unspecified atom stereocenters. The molecule has 0 spiro atoms. The van der Waals surface area contributed by atoms with Crippen molar-refractivity contribution < 1.29 is 4.79 Å². The van der Waals surface area contributed by atoms with E-state index in [2.05, 4.69) is 9.88 Å². The highest BCUT2D eigenvalue weighted by molar-refractivity contribution is 5.91. The predicted molar refractivity (Wildman–Crippen MR) is 67.8 cm³/mol. The summed E-state index contributed by atoms with van der Waals surface area (Å²) in [4.78, 5) is 17.5. The lowest BCUT2D eigenvalue weighted by Gasteiger charge is -2.23. The minimum atomic E-state index is -0.513. The van der Waals surface area contributed by atoms with Gasteiger partial charge < -0.3 is 16.4 Å². The van der Waals surface area contributed by atoms with Crippen molar-refractivity contribution in [3.63, 3.8) is 0 Å². The summed E-state index contributed by atoms with van der Waals surface area (Å²) in [6.07, 6.45) is 4.77. The minimum Gasteiger partial charge on any atom is -0.396 e. The molecule has 5 nitrogen and oxygen atoms in total. The summed E-state index contributed by atoms with van der Waals surface area (Å²) in [6, 6.07) is 3.27. The van der Waals surface area contributed by atoms with Gasteiger partial charge in [0, 0.05) is 13.1 Å². The first-order valence-corrected chi connectivity index (χ1v) is 6.00. The summed E-state index contributed by atoms with van der Waals surface area (Å²) in [5, 5.41) is 0. The molecule has 0 aliphatic carbocycles. The van der Waals surface area contributed by atoms with Crippen molar-refractivity contribution in [2.45, 2.75) is 25.7 Å². The van der Waals surface area contributed by atoms with Crippen LogP contribution in [0, 0.1) is 0 Å². The molecule has 1 aliphatic heterocycles. The van der Waals surface area contributed by atoms with E-state index in [1.165, 1.54) is 12.8 Å². The Hall–Kier alpha value is -1.78. The second-order valence-electron chi connectivity index (χ2n) is 4.37. The number of nitrogen functional groups attached to an aromatic ring is 1. The molecule has 4 N–H and O–H groups in total. The Labute approximate surface area is 101 Å².